The Morgan fingerprint density at radius 2 is 2.03 bits per heavy atom. The van der Waals surface area contributed by atoms with Gasteiger partial charge in [0.05, 0.1) is 4.90 Å². The third kappa shape index (κ3) is 4.86. The number of sulfonamides is 1. The summed E-state index contributed by atoms with van der Waals surface area (Å²) in [5.74, 6) is 0.477. The first kappa shape index (κ1) is 21.3. The molecule has 0 fully saturated rings. The van der Waals surface area contributed by atoms with Crippen molar-refractivity contribution < 1.29 is 17.9 Å². The van der Waals surface area contributed by atoms with E-state index in [0.29, 0.717) is 23.7 Å². The molecular weight excluding hydrogens is 436 g/mol. The molecule has 3 aromatic rings. The standard InChI is InChI=1S/C21H22N4O4S2/c1-14-5-3-7-17(11-14)29-13-20(26)25-10-4-6-16-12-18(8-9-19(16)25)31(27,28)24-21-23-22-15(2)30-21/h3,5,7-9,11-12H,4,6,10,13H2,1-2H3,(H,23,24). The van der Waals surface area contributed by atoms with Crippen LogP contribution in [-0.2, 0) is 21.2 Å². The topological polar surface area (TPSA) is 101 Å². The zero-order valence-corrected chi connectivity index (χ0v) is 18.8. The van der Waals surface area contributed by atoms with Crippen LogP contribution in [-0.4, -0.2) is 37.7 Å². The zero-order chi connectivity index (χ0) is 22.0. The van der Waals surface area contributed by atoms with Gasteiger partial charge in [-0.1, -0.05) is 23.5 Å². The molecular formula is C21H22N4O4S2. The summed E-state index contributed by atoms with van der Waals surface area (Å²) in [5, 5.41) is 8.53. The number of rotatable bonds is 6. The Morgan fingerprint density at radius 3 is 2.77 bits per heavy atom. The number of aryl methyl sites for hydroxylation is 3. The SMILES string of the molecule is Cc1cccc(OCC(=O)N2CCCc3cc(S(=O)(=O)Nc4nnc(C)s4)ccc32)c1. The first-order valence-electron chi connectivity index (χ1n) is 9.77. The number of fused-ring (bicyclic) bond motifs is 1. The minimum absolute atomic E-state index is 0.0824. The lowest BCUT2D eigenvalue weighted by atomic mass is 10.0. The highest BCUT2D eigenvalue weighted by Gasteiger charge is 2.25. The van der Waals surface area contributed by atoms with Crippen molar-refractivity contribution in [2.75, 3.05) is 22.8 Å². The largest absolute Gasteiger partial charge is 0.484 e. The molecule has 4 rings (SSSR count). The van der Waals surface area contributed by atoms with Crippen LogP contribution < -0.4 is 14.4 Å². The van der Waals surface area contributed by atoms with Gasteiger partial charge in [0, 0.05) is 12.2 Å². The molecule has 8 nitrogen and oxygen atoms in total. The second-order valence-electron chi connectivity index (χ2n) is 7.28. The predicted octanol–water partition coefficient (Wildman–Crippen LogP) is 3.31. The van der Waals surface area contributed by atoms with Crippen LogP contribution in [0.1, 0.15) is 22.6 Å². The van der Waals surface area contributed by atoms with Gasteiger partial charge in [-0.25, -0.2) is 8.42 Å². The van der Waals surface area contributed by atoms with Crippen molar-refractivity contribution in [3.63, 3.8) is 0 Å². The van der Waals surface area contributed by atoms with Crippen LogP contribution in [0.15, 0.2) is 47.4 Å². The summed E-state index contributed by atoms with van der Waals surface area (Å²) in [6.07, 6.45) is 1.44. The van der Waals surface area contributed by atoms with E-state index in [1.807, 2.05) is 31.2 Å². The lowest BCUT2D eigenvalue weighted by molar-refractivity contribution is -0.120. The first-order valence-corrected chi connectivity index (χ1v) is 12.1. The average Bonchev–Trinajstić information content (AvgIpc) is 3.15. The average molecular weight is 459 g/mol. The van der Waals surface area contributed by atoms with E-state index in [1.165, 1.54) is 17.4 Å². The molecule has 0 atom stereocenters. The van der Waals surface area contributed by atoms with E-state index < -0.39 is 10.0 Å². The maximum Gasteiger partial charge on any atom is 0.264 e. The Kier molecular flexibility index (Phi) is 5.92. The van der Waals surface area contributed by atoms with Crippen LogP contribution in [0, 0.1) is 13.8 Å². The number of anilines is 2. The van der Waals surface area contributed by atoms with Gasteiger partial charge < -0.3 is 9.64 Å². The van der Waals surface area contributed by atoms with E-state index >= 15 is 0 Å². The number of hydrogen-bond donors (Lipinski definition) is 1. The van der Waals surface area contributed by atoms with Crippen molar-refractivity contribution in [3.05, 3.63) is 58.6 Å². The highest BCUT2D eigenvalue weighted by Crippen LogP contribution is 2.30. The molecule has 31 heavy (non-hydrogen) atoms. The molecule has 0 bridgehead atoms. The number of benzene rings is 2. The molecule has 1 aliphatic heterocycles. The van der Waals surface area contributed by atoms with Crippen molar-refractivity contribution in [2.45, 2.75) is 31.6 Å². The molecule has 0 radical (unpaired) electrons. The highest BCUT2D eigenvalue weighted by molar-refractivity contribution is 7.93. The van der Waals surface area contributed by atoms with E-state index in [2.05, 4.69) is 14.9 Å². The molecule has 162 valence electrons. The fourth-order valence-electron chi connectivity index (χ4n) is 3.44. The van der Waals surface area contributed by atoms with Crippen molar-refractivity contribution in [1.82, 2.24) is 10.2 Å². The van der Waals surface area contributed by atoms with Crippen LogP contribution >= 0.6 is 11.3 Å². The smallest absolute Gasteiger partial charge is 0.264 e. The van der Waals surface area contributed by atoms with Crippen LogP contribution in [0.2, 0.25) is 0 Å². The Balaban J connectivity index is 1.50. The van der Waals surface area contributed by atoms with Gasteiger partial charge in [0.2, 0.25) is 5.13 Å². The van der Waals surface area contributed by atoms with Gasteiger partial charge in [-0.05, 0) is 68.1 Å². The molecule has 2 aromatic carbocycles. The fraction of sp³-hybridized carbons (Fsp3) is 0.286. The van der Waals surface area contributed by atoms with Crippen molar-refractivity contribution in [1.29, 1.82) is 0 Å². The van der Waals surface area contributed by atoms with Gasteiger partial charge >= 0.3 is 0 Å². The van der Waals surface area contributed by atoms with Crippen molar-refractivity contribution in [2.24, 2.45) is 0 Å². The molecule has 2 heterocycles. The molecule has 0 unspecified atom stereocenters. The van der Waals surface area contributed by atoms with E-state index in [9.17, 15) is 13.2 Å². The number of aromatic nitrogens is 2. The summed E-state index contributed by atoms with van der Waals surface area (Å²) in [7, 11) is -3.79. The lowest BCUT2D eigenvalue weighted by Crippen LogP contribution is -2.38. The van der Waals surface area contributed by atoms with Crippen LogP contribution in [0.25, 0.3) is 0 Å². The number of amides is 1. The summed E-state index contributed by atoms with van der Waals surface area (Å²) in [5.41, 5.74) is 2.58. The Bertz CT molecular complexity index is 1220. The molecule has 0 saturated heterocycles. The molecule has 1 amide bonds. The number of nitrogens with one attached hydrogen (secondary N) is 1. The number of hydrogen-bond acceptors (Lipinski definition) is 7. The quantitative estimate of drug-likeness (QED) is 0.608. The first-order chi connectivity index (χ1) is 14.8. The van der Waals surface area contributed by atoms with E-state index in [0.717, 1.165) is 23.2 Å². The maximum atomic E-state index is 12.8. The molecule has 1 aromatic heterocycles. The summed E-state index contributed by atoms with van der Waals surface area (Å²) in [6.45, 7) is 4.20. The number of carbonyl (C=O) groups is 1. The monoisotopic (exact) mass is 458 g/mol. The van der Waals surface area contributed by atoms with E-state index in [-0.39, 0.29) is 22.5 Å². The van der Waals surface area contributed by atoms with Crippen molar-refractivity contribution in [3.8, 4) is 5.75 Å². The zero-order valence-electron chi connectivity index (χ0n) is 17.2. The Morgan fingerprint density at radius 1 is 1.19 bits per heavy atom. The van der Waals surface area contributed by atoms with Gasteiger partial charge in [-0.2, -0.15) is 0 Å². The van der Waals surface area contributed by atoms with Crippen molar-refractivity contribution >= 4 is 38.1 Å². The fourth-order valence-corrected chi connectivity index (χ4v) is 5.31. The van der Waals surface area contributed by atoms with Gasteiger partial charge in [0.15, 0.2) is 6.61 Å². The van der Waals surface area contributed by atoms with Gasteiger partial charge in [0.25, 0.3) is 15.9 Å². The number of nitrogens with zero attached hydrogens (tertiary/aromatic N) is 3. The Labute approximate surface area is 184 Å². The summed E-state index contributed by atoms with van der Waals surface area (Å²) in [6, 6.07) is 12.3. The number of carbonyl (C=O) groups excluding carboxylic acids is 1. The van der Waals surface area contributed by atoms with Gasteiger partial charge in [-0.3, -0.25) is 9.52 Å². The normalized spacial score (nSPS) is 13.5. The molecule has 0 aliphatic carbocycles. The number of ether oxygens (including phenoxy) is 1. The third-order valence-electron chi connectivity index (χ3n) is 4.88. The van der Waals surface area contributed by atoms with Crippen LogP contribution in [0.5, 0.6) is 5.75 Å². The van der Waals surface area contributed by atoms with Crippen LogP contribution in [0.4, 0.5) is 10.8 Å². The molecule has 1 aliphatic rings. The highest BCUT2D eigenvalue weighted by atomic mass is 32.2. The maximum absolute atomic E-state index is 12.8. The predicted molar refractivity (Wildman–Crippen MR) is 119 cm³/mol. The van der Waals surface area contributed by atoms with Crippen LogP contribution in [0.3, 0.4) is 0 Å². The summed E-state index contributed by atoms with van der Waals surface area (Å²) < 4.78 is 33.6. The molecule has 1 N–H and O–H groups in total. The van der Waals surface area contributed by atoms with E-state index in [1.54, 1.807) is 24.0 Å². The molecule has 10 heteroatoms. The molecule has 0 spiro atoms. The van der Waals surface area contributed by atoms with Gasteiger partial charge in [0.1, 0.15) is 10.8 Å². The lowest BCUT2D eigenvalue weighted by Gasteiger charge is -2.29. The molecule has 0 saturated carbocycles. The second kappa shape index (κ2) is 8.64. The Hall–Kier alpha value is -2.98. The van der Waals surface area contributed by atoms with Gasteiger partial charge in [-0.15, -0.1) is 10.2 Å². The second-order valence-corrected chi connectivity index (χ2v) is 10.1. The third-order valence-corrected chi connectivity index (χ3v) is 7.10. The summed E-state index contributed by atoms with van der Waals surface area (Å²) in [4.78, 5) is 14.6. The minimum atomic E-state index is -3.79. The van der Waals surface area contributed by atoms with E-state index in [4.69, 9.17) is 4.74 Å². The summed E-state index contributed by atoms with van der Waals surface area (Å²) >= 11 is 1.17. The minimum Gasteiger partial charge on any atom is -0.484 e.